The van der Waals surface area contributed by atoms with Crippen LogP contribution in [-0.2, 0) is 13.4 Å². The van der Waals surface area contributed by atoms with Crippen molar-refractivity contribution in [1.29, 1.82) is 0 Å². The lowest BCUT2D eigenvalue weighted by atomic mass is 9.65. The molecule has 0 aliphatic heterocycles. The number of rotatable bonds is 5. The molecule has 1 radical (unpaired) electrons. The van der Waals surface area contributed by atoms with E-state index >= 15 is 0 Å². The molecule has 4 heteroatoms. The van der Waals surface area contributed by atoms with Crippen LogP contribution < -0.4 is 5.46 Å². The van der Waals surface area contributed by atoms with Crippen LogP contribution in [0.5, 0.6) is 0 Å². The summed E-state index contributed by atoms with van der Waals surface area (Å²) in [5.41, 5.74) is 2.71. The molecule has 0 amide bonds. The molecule has 0 unspecified atom stereocenters. The first-order valence-corrected chi connectivity index (χ1v) is 8.79. The van der Waals surface area contributed by atoms with Gasteiger partial charge >= 0.3 is 0 Å². The molecule has 1 heterocycles. The minimum atomic E-state index is 1.00. The highest BCUT2D eigenvalue weighted by Crippen LogP contribution is 2.14. The summed E-state index contributed by atoms with van der Waals surface area (Å²) in [7, 11) is 4.25. The van der Waals surface area contributed by atoms with Gasteiger partial charge in [-0.25, -0.2) is 4.98 Å². The molecule has 2 nitrogen and oxygen atoms in total. The monoisotopic (exact) mass is 321 g/mol. The molecular formula is C19H22BN2S. The van der Waals surface area contributed by atoms with E-state index in [2.05, 4.69) is 73.8 Å². The van der Waals surface area contributed by atoms with Gasteiger partial charge in [0, 0.05) is 24.3 Å². The van der Waals surface area contributed by atoms with E-state index in [1.807, 2.05) is 29.6 Å². The van der Waals surface area contributed by atoms with Crippen LogP contribution in [0.4, 0.5) is 0 Å². The Balaban J connectivity index is 0.000000268. The summed E-state index contributed by atoms with van der Waals surface area (Å²) >= 11 is 1.91. The van der Waals surface area contributed by atoms with E-state index in [1.54, 1.807) is 12.5 Å². The SMILES string of the molecule is CCSc1ccccc1[B]Cc1ccccc1.Cn1ccnc1. The van der Waals surface area contributed by atoms with Crippen LogP contribution in [0, 0.1) is 0 Å². The molecule has 2 aromatic carbocycles. The number of thioether (sulfide) groups is 1. The lowest BCUT2D eigenvalue weighted by Crippen LogP contribution is -2.18. The smallest absolute Gasteiger partial charge is 0.157 e. The Hall–Kier alpha value is -1.94. The van der Waals surface area contributed by atoms with Crippen molar-refractivity contribution in [1.82, 2.24) is 9.55 Å². The van der Waals surface area contributed by atoms with Crippen LogP contribution in [0.3, 0.4) is 0 Å². The average Bonchev–Trinajstić information content (AvgIpc) is 3.07. The van der Waals surface area contributed by atoms with Crippen molar-refractivity contribution in [3.05, 3.63) is 78.9 Å². The second-order valence-corrected chi connectivity index (χ2v) is 6.40. The van der Waals surface area contributed by atoms with E-state index in [1.165, 1.54) is 15.9 Å². The topological polar surface area (TPSA) is 17.8 Å². The van der Waals surface area contributed by atoms with Crippen molar-refractivity contribution in [2.24, 2.45) is 7.05 Å². The summed E-state index contributed by atoms with van der Waals surface area (Å²) < 4.78 is 1.89. The number of aromatic nitrogens is 2. The average molecular weight is 321 g/mol. The predicted octanol–water partition coefficient (Wildman–Crippen LogP) is 3.75. The van der Waals surface area contributed by atoms with Crippen molar-refractivity contribution >= 4 is 24.5 Å². The molecule has 0 aliphatic carbocycles. The molecular weight excluding hydrogens is 299 g/mol. The minimum absolute atomic E-state index is 1.00. The van der Waals surface area contributed by atoms with Crippen molar-refractivity contribution in [2.75, 3.05) is 5.75 Å². The maximum Gasteiger partial charge on any atom is 0.157 e. The van der Waals surface area contributed by atoms with E-state index in [-0.39, 0.29) is 0 Å². The molecule has 1 aromatic heterocycles. The van der Waals surface area contributed by atoms with E-state index in [0.29, 0.717) is 0 Å². The largest absolute Gasteiger partial charge is 0.341 e. The molecule has 23 heavy (non-hydrogen) atoms. The Morgan fingerprint density at radius 3 is 2.39 bits per heavy atom. The number of nitrogens with zero attached hydrogens (tertiary/aromatic N) is 2. The van der Waals surface area contributed by atoms with Crippen LogP contribution in [0.15, 0.2) is 78.2 Å². The second-order valence-electron chi connectivity index (χ2n) is 5.09. The maximum absolute atomic E-state index is 3.78. The first-order chi connectivity index (χ1) is 11.3. The highest BCUT2D eigenvalue weighted by molar-refractivity contribution is 7.99. The van der Waals surface area contributed by atoms with Crippen molar-refractivity contribution < 1.29 is 0 Å². The minimum Gasteiger partial charge on any atom is -0.341 e. The maximum atomic E-state index is 3.78. The standard InChI is InChI=1S/C15H16BS.C4H6N2/c1-2-17-15-11-7-6-10-14(15)16-12-13-8-4-3-5-9-13;1-6-3-2-5-4-6/h3-11H,2,12H2,1H3;2-4H,1H3. The number of hydrogen-bond donors (Lipinski definition) is 0. The molecule has 3 aromatic rings. The van der Waals surface area contributed by atoms with Crippen molar-refractivity contribution in [3.8, 4) is 0 Å². The molecule has 0 aliphatic rings. The van der Waals surface area contributed by atoms with E-state index in [9.17, 15) is 0 Å². The van der Waals surface area contributed by atoms with Gasteiger partial charge in [-0.3, -0.25) is 0 Å². The van der Waals surface area contributed by atoms with Crippen LogP contribution in [0.25, 0.3) is 0 Å². The molecule has 0 spiro atoms. The van der Waals surface area contributed by atoms with Gasteiger partial charge in [-0.15, -0.1) is 11.8 Å². The summed E-state index contributed by atoms with van der Waals surface area (Å²) in [5, 5.41) is 0. The lowest BCUT2D eigenvalue weighted by molar-refractivity contribution is 0.913. The Morgan fingerprint density at radius 1 is 1.04 bits per heavy atom. The van der Waals surface area contributed by atoms with E-state index in [0.717, 1.165) is 12.1 Å². The quantitative estimate of drug-likeness (QED) is 0.526. The number of aryl methyl sites for hydroxylation is 1. The Labute approximate surface area is 144 Å². The van der Waals surface area contributed by atoms with Gasteiger partial charge in [-0.2, -0.15) is 0 Å². The molecule has 0 saturated heterocycles. The van der Waals surface area contributed by atoms with Crippen LogP contribution >= 0.6 is 11.8 Å². The van der Waals surface area contributed by atoms with Gasteiger partial charge in [-0.1, -0.05) is 66.5 Å². The number of imidazole rings is 1. The van der Waals surface area contributed by atoms with Gasteiger partial charge in [0.05, 0.1) is 6.33 Å². The third kappa shape index (κ3) is 6.37. The second kappa shape index (κ2) is 9.96. The van der Waals surface area contributed by atoms with Gasteiger partial charge in [0.25, 0.3) is 0 Å². The fourth-order valence-electron chi connectivity index (χ4n) is 2.10. The zero-order valence-electron chi connectivity index (χ0n) is 13.7. The predicted molar refractivity (Wildman–Crippen MR) is 102 cm³/mol. The molecule has 117 valence electrons. The van der Waals surface area contributed by atoms with Crippen molar-refractivity contribution in [2.45, 2.75) is 18.1 Å². The fraction of sp³-hybridized carbons (Fsp3) is 0.211. The number of hydrogen-bond acceptors (Lipinski definition) is 2. The molecule has 0 bridgehead atoms. The van der Waals surface area contributed by atoms with E-state index < -0.39 is 0 Å². The summed E-state index contributed by atoms with van der Waals surface area (Å²) in [6.45, 7) is 2.19. The van der Waals surface area contributed by atoms with Crippen LogP contribution in [0.1, 0.15) is 12.5 Å². The van der Waals surface area contributed by atoms with Crippen molar-refractivity contribution in [3.63, 3.8) is 0 Å². The highest BCUT2D eigenvalue weighted by Gasteiger charge is 2.03. The highest BCUT2D eigenvalue weighted by atomic mass is 32.2. The van der Waals surface area contributed by atoms with Gasteiger partial charge in [-0.05, 0) is 18.1 Å². The first-order valence-electron chi connectivity index (χ1n) is 7.80. The first kappa shape index (κ1) is 17.4. The molecule has 0 saturated carbocycles. The molecule has 0 atom stereocenters. The molecule has 0 N–H and O–H groups in total. The lowest BCUT2D eigenvalue weighted by Gasteiger charge is -2.07. The zero-order valence-corrected chi connectivity index (χ0v) is 14.5. The van der Waals surface area contributed by atoms with Crippen LogP contribution in [-0.4, -0.2) is 22.6 Å². The number of benzene rings is 2. The van der Waals surface area contributed by atoms with Gasteiger partial charge < -0.3 is 4.57 Å². The Morgan fingerprint density at radius 2 is 1.78 bits per heavy atom. The summed E-state index contributed by atoms with van der Waals surface area (Å²) in [6.07, 6.45) is 6.39. The third-order valence-corrected chi connectivity index (χ3v) is 4.23. The zero-order chi connectivity index (χ0) is 16.3. The Kier molecular flexibility index (Phi) is 7.54. The third-order valence-electron chi connectivity index (χ3n) is 3.26. The van der Waals surface area contributed by atoms with Gasteiger partial charge in [0.2, 0.25) is 0 Å². The Bertz CT molecular complexity index is 669. The van der Waals surface area contributed by atoms with E-state index in [4.69, 9.17) is 0 Å². The summed E-state index contributed by atoms with van der Waals surface area (Å²) in [4.78, 5) is 5.17. The summed E-state index contributed by atoms with van der Waals surface area (Å²) in [6, 6.07) is 19.2. The molecule has 0 fully saturated rings. The van der Waals surface area contributed by atoms with Gasteiger partial charge in [0.15, 0.2) is 7.28 Å². The van der Waals surface area contributed by atoms with Crippen LogP contribution in [0.2, 0.25) is 0 Å². The summed E-state index contributed by atoms with van der Waals surface area (Å²) in [5.74, 6) is 1.12. The normalized spacial score (nSPS) is 9.83. The fourth-order valence-corrected chi connectivity index (χ4v) is 2.91. The van der Waals surface area contributed by atoms with Gasteiger partial charge in [0.1, 0.15) is 0 Å². The molecule has 3 rings (SSSR count).